The molecule has 2 rings (SSSR count). The molecule has 0 saturated carbocycles. The standard InChI is InChI=1S/C11H13NO3/c1-2-3-9(12-13)8-4-5-10-11(6-8)15-7-14-10/h4-6,13H,2-3,7H2,1H3/b12-9-. The van der Waals surface area contributed by atoms with Crippen LogP contribution in [0.4, 0.5) is 0 Å². The summed E-state index contributed by atoms with van der Waals surface area (Å²) in [6, 6.07) is 5.55. The monoisotopic (exact) mass is 207 g/mol. The fourth-order valence-corrected chi connectivity index (χ4v) is 1.56. The molecule has 0 unspecified atom stereocenters. The van der Waals surface area contributed by atoms with E-state index < -0.39 is 0 Å². The molecule has 1 aliphatic heterocycles. The van der Waals surface area contributed by atoms with Crippen LogP contribution in [0.2, 0.25) is 0 Å². The Kier molecular flexibility index (Phi) is 2.76. The summed E-state index contributed by atoms with van der Waals surface area (Å²) in [6.07, 6.45) is 1.68. The van der Waals surface area contributed by atoms with E-state index in [1.54, 1.807) is 0 Å². The second-order valence-corrected chi connectivity index (χ2v) is 3.36. The van der Waals surface area contributed by atoms with Crippen molar-refractivity contribution in [2.45, 2.75) is 19.8 Å². The minimum Gasteiger partial charge on any atom is -0.454 e. The average Bonchev–Trinajstić information content (AvgIpc) is 2.72. The van der Waals surface area contributed by atoms with E-state index in [0.29, 0.717) is 11.5 Å². The summed E-state index contributed by atoms with van der Waals surface area (Å²) in [5.74, 6) is 1.46. The van der Waals surface area contributed by atoms with Gasteiger partial charge in [0.2, 0.25) is 6.79 Å². The van der Waals surface area contributed by atoms with Gasteiger partial charge in [0, 0.05) is 5.56 Å². The number of hydrogen-bond acceptors (Lipinski definition) is 4. The number of hydrogen-bond donors (Lipinski definition) is 1. The number of benzene rings is 1. The first-order valence-corrected chi connectivity index (χ1v) is 4.96. The molecule has 0 spiro atoms. The number of nitrogens with zero attached hydrogens (tertiary/aromatic N) is 1. The molecule has 1 N–H and O–H groups in total. The van der Waals surface area contributed by atoms with E-state index in [9.17, 15) is 0 Å². The van der Waals surface area contributed by atoms with Crippen LogP contribution in [0.25, 0.3) is 0 Å². The first-order chi connectivity index (χ1) is 7.35. The summed E-state index contributed by atoms with van der Waals surface area (Å²) in [5.41, 5.74) is 1.56. The van der Waals surface area contributed by atoms with E-state index in [-0.39, 0.29) is 6.79 Å². The largest absolute Gasteiger partial charge is 0.454 e. The van der Waals surface area contributed by atoms with Crippen molar-refractivity contribution in [2.75, 3.05) is 6.79 Å². The van der Waals surface area contributed by atoms with Crippen molar-refractivity contribution in [1.29, 1.82) is 0 Å². The van der Waals surface area contributed by atoms with Crippen LogP contribution in [-0.4, -0.2) is 17.7 Å². The Morgan fingerprint density at radius 3 is 2.93 bits per heavy atom. The predicted molar refractivity (Wildman–Crippen MR) is 55.8 cm³/mol. The van der Waals surface area contributed by atoms with Crippen LogP contribution in [0, 0.1) is 0 Å². The summed E-state index contributed by atoms with van der Waals surface area (Å²) in [6.45, 7) is 2.30. The second kappa shape index (κ2) is 4.21. The van der Waals surface area contributed by atoms with E-state index in [2.05, 4.69) is 5.16 Å². The molecular weight excluding hydrogens is 194 g/mol. The molecule has 0 aromatic heterocycles. The molecule has 4 heteroatoms. The predicted octanol–water partition coefficient (Wildman–Crippen LogP) is 2.39. The van der Waals surface area contributed by atoms with Gasteiger partial charge in [-0.15, -0.1) is 0 Å². The average molecular weight is 207 g/mol. The molecule has 1 aromatic rings. The first-order valence-electron chi connectivity index (χ1n) is 4.96. The van der Waals surface area contributed by atoms with Gasteiger partial charge in [-0.2, -0.15) is 0 Å². The lowest BCUT2D eigenvalue weighted by molar-refractivity contribution is 0.174. The highest BCUT2D eigenvalue weighted by Crippen LogP contribution is 2.32. The zero-order valence-electron chi connectivity index (χ0n) is 8.56. The molecule has 80 valence electrons. The van der Waals surface area contributed by atoms with E-state index in [1.807, 2.05) is 25.1 Å². The molecule has 0 amide bonds. The Bertz CT molecular complexity index is 387. The van der Waals surface area contributed by atoms with Gasteiger partial charge in [-0.05, 0) is 24.6 Å². The lowest BCUT2D eigenvalue weighted by Crippen LogP contribution is -2.00. The van der Waals surface area contributed by atoms with Crippen LogP contribution < -0.4 is 9.47 Å². The fourth-order valence-electron chi connectivity index (χ4n) is 1.56. The normalized spacial score (nSPS) is 14.3. The van der Waals surface area contributed by atoms with Crippen molar-refractivity contribution in [3.63, 3.8) is 0 Å². The first kappa shape index (κ1) is 9.83. The van der Waals surface area contributed by atoms with Crippen molar-refractivity contribution in [3.8, 4) is 11.5 Å². The topological polar surface area (TPSA) is 51.1 Å². The number of rotatable bonds is 3. The highest BCUT2D eigenvalue weighted by atomic mass is 16.7. The van der Waals surface area contributed by atoms with Crippen LogP contribution in [0.3, 0.4) is 0 Å². The summed E-state index contributed by atoms with van der Waals surface area (Å²) < 4.78 is 10.5. The highest BCUT2D eigenvalue weighted by Gasteiger charge is 2.15. The third kappa shape index (κ3) is 1.88. The van der Waals surface area contributed by atoms with Crippen LogP contribution in [0.5, 0.6) is 11.5 Å². The minimum atomic E-state index is 0.262. The van der Waals surface area contributed by atoms with Crippen LogP contribution in [0.1, 0.15) is 25.3 Å². The Hall–Kier alpha value is -1.71. The summed E-state index contributed by atoms with van der Waals surface area (Å²) in [7, 11) is 0. The van der Waals surface area contributed by atoms with Crippen molar-refractivity contribution >= 4 is 5.71 Å². The number of ether oxygens (including phenoxy) is 2. The Morgan fingerprint density at radius 2 is 2.20 bits per heavy atom. The third-order valence-corrected chi connectivity index (χ3v) is 2.31. The maximum atomic E-state index is 8.87. The molecule has 0 atom stereocenters. The molecule has 0 aliphatic carbocycles. The van der Waals surface area contributed by atoms with Crippen molar-refractivity contribution in [3.05, 3.63) is 23.8 Å². The molecule has 0 saturated heterocycles. The maximum absolute atomic E-state index is 8.87. The summed E-state index contributed by atoms with van der Waals surface area (Å²) in [5, 5.41) is 12.2. The Labute approximate surface area is 88.1 Å². The van der Waals surface area contributed by atoms with Gasteiger partial charge in [0.25, 0.3) is 0 Å². The molecule has 1 aromatic carbocycles. The fraction of sp³-hybridized carbons (Fsp3) is 0.364. The quantitative estimate of drug-likeness (QED) is 0.470. The summed E-state index contributed by atoms with van der Waals surface area (Å²) in [4.78, 5) is 0. The van der Waals surface area contributed by atoms with Gasteiger partial charge < -0.3 is 14.7 Å². The van der Waals surface area contributed by atoms with Gasteiger partial charge in [0.15, 0.2) is 11.5 Å². The van der Waals surface area contributed by atoms with Gasteiger partial charge in [-0.3, -0.25) is 0 Å². The molecule has 1 heterocycles. The zero-order valence-corrected chi connectivity index (χ0v) is 8.56. The zero-order chi connectivity index (χ0) is 10.7. The van der Waals surface area contributed by atoms with Crippen molar-refractivity contribution in [1.82, 2.24) is 0 Å². The molecule has 15 heavy (non-hydrogen) atoms. The molecule has 0 bridgehead atoms. The van der Waals surface area contributed by atoms with Crippen LogP contribution in [0.15, 0.2) is 23.4 Å². The van der Waals surface area contributed by atoms with Gasteiger partial charge in [0.05, 0.1) is 5.71 Å². The van der Waals surface area contributed by atoms with Gasteiger partial charge in [-0.1, -0.05) is 18.5 Å². The van der Waals surface area contributed by atoms with E-state index >= 15 is 0 Å². The van der Waals surface area contributed by atoms with Gasteiger partial charge in [0.1, 0.15) is 0 Å². The molecule has 4 nitrogen and oxygen atoms in total. The van der Waals surface area contributed by atoms with E-state index in [1.165, 1.54) is 0 Å². The highest BCUT2D eigenvalue weighted by molar-refractivity contribution is 6.00. The second-order valence-electron chi connectivity index (χ2n) is 3.36. The van der Waals surface area contributed by atoms with Crippen molar-refractivity contribution < 1.29 is 14.7 Å². The minimum absolute atomic E-state index is 0.262. The van der Waals surface area contributed by atoms with E-state index in [0.717, 1.165) is 24.2 Å². The van der Waals surface area contributed by atoms with Crippen LogP contribution >= 0.6 is 0 Å². The number of oxime groups is 1. The molecule has 1 aliphatic rings. The smallest absolute Gasteiger partial charge is 0.231 e. The van der Waals surface area contributed by atoms with Crippen LogP contribution in [-0.2, 0) is 0 Å². The van der Waals surface area contributed by atoms with Crippen molar-refractivity contribution in [2.24, 2.45) is 5.16 Å². The van der Waals surface area contributed by atoms with Gasteiger partial charge >= 0.3 is 0 Å². The Morgan fingerprint density at radius 1 is 1.40 bits per heavy atom. The molecular formula is C11H13NO3. The molecule has 0 radical (unpaired) electrons. The molecule has 0 fully saturated rings. The van der Waals surface area contributed by atoms with Gasteiger partial charge in [-0.25, -0.2) is 0 Å². The SMILES string of the molecule is CCC/C(=N/O)c1ccc2c(c1)OCO2. The third-order valence-electron chi connectivity index (χ3n) is 2.31. The summed E-state index contributed by atoms with van der Waals surface area (Å²) >= 11 is 0. The Balaban J connectivity index is 2.29. The lowest BCUT2D eigenvalue weighted by Gasteiger charge is -2.03. The lowest BCUT2D eigenvalue weighted by atomic mass is 10.1. The van der Waals surface area contributed by atoms with E-state index in [4.69, 9.17) is 14.7 Å². The number of fused-ring (bicyclic) bond motifs is 1. The maximum Gasteiger partial charge on any atom is 0.231 e.